The van der Waals surface area contributed by atoms with E-state index in [2.05, 4.69) is 25.8 Å². The molecule has 0 unspecified atom stereocenters. The summed E-state index contributed by atoms with van der Waals surface area (Å²) in [6.45, 7) is 7.77. The molecule has 2 aromatic rings. The van der Waals surface area contributed by atoms with E-state index in [9.17, 15) is 4.79 Å². The first-order valence-corrected chi connectivity index (χ1v) is 8.90. The lowest BCUT2D eigenvalue weighted by Gasteiger charge is -2.19. The van der Waals surface area contributed by atoms with Crippen molar-refractivity contribution in [2.75, 3.05) is 13.2 Å². The highest BCUT2D eigenvalue weighted by Crippen LogP contribution is 2.31. The molecule has 0 saturated carbocycles. The van der Waals surface area contributed by atoms with Gasteiger partial charge in [-0.1, -0.05) is 26.8 Å². The molecule has 0 radical (unpaired) electrons. The molecule has 5 nitrogen and oxygen atoms in total. The van der Waals surface area contributed by atoms with E-state index in [4.69, 9.17) is 14.2 Å². The Labute approximate surface area is 154 Å². The number of aromatic nitrogens is 1. The van der Waals surface area contributed by atoms with Crippen LogP contribution in [0.25, 0.3) is 0 Å². The summed E-state index contributed by atoms with van der Waals surface area (Å²) in [6, 6.07) is 7.82. The van der Waals surface area contributed by atoms with Crippen molar-refractivity contribution in [3.8, 4) is 11.5 Å². The van der Waals surface area contributed by atoms with Crippen LogP contribution in [-0.2, 0) is 28.0 Å². The average molecular weight is 355 g/mol. The molecular weight excluding hydrogens is 330 g/mol. The molecule has 0 spiro atoms. The number of pyridine rings is 1. The minimum absolute atomic E-state index is 0.0191. The molecular formula is C21H25NO4. The molecule has 1 aliphatic heterocycles. The summed E-state index contributed by atoms with van der Waals surface area (Å²) >= 11 is 0. The molecule has 0 bridgehead atoms. The summed E-state index contributed by atoms with van der Waals surface area (Å²) in [5.41, 5.74) is 3.08. The predicted molar refractivity (Wildman–Crippen MR) is 98.5 cm³/mol. The van der Waals surface area contributed by atoms with Crippen molar-refractivity contribution < 1.29 is 19.0 Å². The van der Waals surface area contributed by atoms with Crippen LogP contribution in [0.4, 0.5) is 0 Å². The van der Waals surface area contributed by atoms with Gasteiger partial charge in [0, 0.05) is 24.4 Å². The molecule has 5 heteroatoms. The van der Waals surface area contributed by atoms with Crippen molar-refractivity contribution in [2.45, 2.75) is 45.6 Å². The maximum atomic E-state index is 12.1. The summed E-state index contributed by atoms with van der Waals surface area (Å²) in [5.74, 6) is 1.28. The lowest BCUT2D eigenvalue weighted by molar-refractivity contribution is -0.144. The van der Waals surface area contributed by atoms with E-state index in [0.29, 0.717) is 26.1 Å². The Morgan fingerprint density at radius 3 is 2.62 bits per heavy atom. The molecule has 0 fully saturated rings. The van der Waals surface area contributed by atoms with Crippen molar-refractivity contribution in [2.24, 2.45) is 0 Å². The highest BCUT2D eigenvalue weighted by atomic mass is 16.6. The molecule has 0 N–H and O–H groups in total. The first-order chi connectivity index (χ1) is 12.4. The maximum Gasteiger partial charge on any atom is 0.306 e. The van der Waals surface area contributed by atoms with Crippen LogP contribution < -0.4 is 9.47 Å². The average Bonchev–Trinajstić information content (AvgIpc) is 2.64. The smallest absolute Gasteiger partial charge is 0.306 e. The van der Waals surface area contributed by atoms with E-state index < -0.39 is 0 Å². The second-order valence-corrected chi connectivity index (χ2v) is 7.47. The van der Waals surface area contributed by atoms with Gasteiger partial charge in [0.05, 0.1) is 0 Å². The minimum atomic E-state index is -0.221. The third-order valence-corrected chi connectivity index (χ3v) is 4.29. The van der Waals surface area contributed by atoms with Crippen molar-refractivity contribution in [3.05, 3.63) is 53.3 Å². The summed E-state index contributed by atoms with van der Waals surface area (Å²) in [6.07, 6.45) is 4.53. The number of rotatable bonds is 5. The van der Waals surface area contributed by atoms with E-state index in [1.54, 1.807) is 6.20 Å². The molecule has 1 aromatic carbocycles. The Kier molecular flexibility index (Phi) is 5.45. The molecule has 0 amide bonds. The highest BCUT2D eigenvalue weighted by Gasteiger charge is 2.15. The van der Waals surface area contributed by atoms with Crippen LogP contribution in [0.1, 0.15) is 43.9 Å². The molecule has 3 rings (SSSR count). The van der Waals surface area contributed by atoms with Crippen LogP contribution in [0.5, 0.6) is 11.5 Å². The largest absolute Gasteiger partial charge is 0.486 e. The quantitative estimate of drug-likeness (QED) is 0.763. The Bertz CT molecular complexity index is 780. The number of carbonyl (C=O) groups is 1. The summed E-state index contributed by atoms with van der Waals surface area (Å²) in [5, 5.41) is 0. The van der Waals surface area contributed by atoms with Crippen molar-refractivity contribution >= 4 is 5.97 Å². The number of fused-ring (bicyclic) bond motifs is 1. The van der Waals surface area contributed by atoms with E-state index in [1.165, 1.54) is 0 Å². The van der Waals surface area contributed by atoms with Gasteiger partial charge in [-0.3, -0.25) is 9.78 Å². The van der Waals surface area contributed by atoms with Gasteiger partial charge >= 0.3 is 5.97 Å². The van der Waals surface area contributed by atoms with Crippen LogP contribution in [-0.4, -0.2) is 24.2 Å². The van der Waals surface area contributed by atoms with Crippen LogP contribution in [0.15, 0.2) is 36.7 Å². The molecule has 0 aliphatic carbocycles. The molecule has 0 atom stereocenters. The number of hydrogen-bond donors (Lipinski definition) is 0. The minimum Gasteiger partial charge on any atom is -0.486 e. The number of nitrogens with zero attached hydrogens (tertiary/aromatic N) is 1. The second-order valence-electron chi connectivity index (χ2n) is 7.47. The number of esters is 1. The normalized spacial score (nSPS) is 13.3. The Morgan fingerprint density at radius 2 is 1.85 bits per heavy atom. The van der Waals surface area contributed by atoms with Gasteiger partial charge in [-0.2, -0.15) is 0 Å². The van der Waals surface area contributed by atoms with Gasteiger partial charge in [0.2, 0.25) is 0 Å². The van der Waals surface area contributed by atoms with Gasteiger partial charge in [0.25, 0.3) is 0 Å². The van der Waals surface area contributed by atoms with Crippen molar-refractivity contribution in [3.63, 3.8) is 0 Å². The third kappa shape index (κ3) is 4.75. The fourth-order valence-corrected chi connectivity index (χ4v) is 2.70. The summed E-state index contributed by atoms with van der Waals surface area (Å²) < 4.78 is 16.5. The lowest BCUT2D eigenvalue weighted by atomic mass is 9.88. The fraction of sp³-hybridized carbons (Fsp3) is 0.429. The SMILES string of the molecule is CC(C)(C)c1cncc(COC(=O)CCc2ccc3c(c2)OCCO3)c1. The first-order valence-electron chi connectivity index (χ1n) is 8.90. The topological polar surface area (TPSA) is 57.7 Å². The molecule has 0 saturated heterocycles. The summed E-state index contributed by atoms with van der Waals surface area (Å²) in [4.78, 5) is 16.3. The van der Waals surface area contributed by atoms with Gasteiger partial charge in [-0.15, -0.1) is 0 Å². The van der Waals surface area contributed by atoms with Crippen molar-refractivity contribution in [1.29, 1.82) is 0 Å². The zero-order valence-corrected chi connectivity index (χ0v) is 15.6. The van der Waals surface area contributed by atoms with Crippen LogP contribution in [0.2, 0.25) is 0 Å². The summed E-state index contributed by atoms with van der Waals surface area (Å²) in [7, 11) is 0. The van der Waals surface area contributed by atoms with Crippen molar-refractivity contribution in [1.82, 2.24) is 4.98 Å². The number of benzene rings is 1. The number of hydrogen-bond acceptors (Lipinski definition) is 5. The molecule has 1 aromatic heterocycles. The number of carbonyl (C=O) groups excluding carboxylic acids is 1. The van der Waals surface area contributed by atoms with E-state index in [1.807, 2.05) is 30.5 Å². The monoisotopic (exact) mass is 355 g/mol. The Hall–Kier alpha value is -2.56. The van der Waals surface area contributed by atoms with Crippen LogP contribution >= 0.6 is 0 Å². The fourth-order valence-electron chi connectivity index (χ4n) is 2.70. The lowest BCUT2D eigenvalue weighted by Crippen LogP contribution is -2.15. The molecule has 138 valence electrons. The second kappa shape index (κ2) is 7.77. The van der Waals surface area contributed by atoms with Gasteiger partial charge in [0.15, 0.2) is 11.5 Å². The van der Waals surface area contributed by atoms with Gasteiger partial charge in [0.1, 0.15) is 19.8 Å². The third-order valence-electron chi connectivity index (χ3n) is 4.29. The Balaban J connectivity index is 1.50. The predicted octanol–water partition coefficient (Wildman–Crippen LogP) is 3.83. The van der Waals surface area contributed by atoms with E-state index >= 15 is 0 Å². The number of aryl methyl sites for hydroxylation is 1. The van der Waals surface area contributed by atoms with Gasteiger partial charge in [-0.05, 0) is 41.2 Å². The zero-order chi connectivity index (χ0) is 18.6. The zero-order valence-electron chi connectivity index (χ0n) is 15.6. The number of ether oxygens (including phenoxy) is 3. The van der Waals surface area contributed by atoms with Crippen LogP contribution in [0, 0.1) is 0 Å². The van der Waals surface area contributed by atoms with E-state index in [-0.39, 0.29) is 18.0 Å². The van der Waals surface area contributed by atoms with E-state index in [0.717, 1.165) is 28.2 Å². The highest BCUT2D eigenvalue weighted by molar-refractivity contribution is 5.69. The molecule has 1 aliphatic rings. The van der Waals surface area contributed by atoms with Gasteiger partial charge < -0.3 is 14.2 Å². The first kappa shape index (κ1) is 18.2. The maximum absolute atomic E-state index is 12.1. The van der Waals surface area contributed by atoms with Gasteiger partial charge in [-0.25, -0.2) is 0 Å². The molecule has 26 heavy (non-hydrogen) atoms. The van der Waals surface area contributed by atoms with Crippen LogP contribution in [0.3, 0.4) is 0 Å². The Morgan fingerprint density at radius 1 is 1.08 bits per heavy atom. The molecule has 2 heterocycles. The standard InChI is InChI=1S/C21H25NO4/c1-21(2,3)17-10-16(12-22-13-17)14-26-20(23)7-5-15-4-6-18-19(11-15)25-9-8-24-18/h4,6,10-13H,5,7-9,14H2,1-3H3.